The van der Waals surface area contributed by atoms with Gasteiger partial charge in [-0.1, -0.05) is 0 Å². The van der Waals surface area contributed by atoms with Gasteiger partial charge in [0.1, 0.15) is 0 Å². The van der Waals surface area contributed by atoms with E-state index in [1.165, 1.54) is 0 Å². The maximum absolute atomic E-state index is 11.4. The molecule has 0 bridgehead atoms. The van der Waals surface area contributed by atoms with Gasteiger partial charge in [-0.2, -0.15) is 0 Å². The third kappa shape index (κ3) is 2.42. The van der Waals surface area contributed by atoms with Gasteiger partial charge in [0.15, 0.2) is 9.84 Å². The van der Waals surface area contributed by atoms with Crippen LogP contribution in [0.15, 0.2) is 16.1 Å². The van der Waals surface area contributed by atoms with Crippen molar-refractivity contribution in [3.8, 4) is 0 Å². The van der Waals surface area contributed by atoms with Gasteiger partial charge < -0.3 is 5.11 Å². The average Bonchev–Trinajstić information content (AvgIpc) is 2.24. The second-order valence-electron chi connectivity index (χ2n) is 2.91. The first kappa shape index (κ1) is 11.9. The molecule has 0 aliphatic carbocycles. The Morgan fingerprint density at radius 1 is 1.53 bits per heavy atom. The molecule has 1 rings (SSSR count). The normalized spacial score (nSPS) is 19.5. The number of rotatable bonds is 3. The van der Waals surface area contributed by atoms with Gasteiger partial charge in [-0.15, -0.1) is 0 Å². The Labute approximate surface area is 86.0 Å². The average molecular weight is 253 g/mol. The van der Waals surface area contributed by atoms with E-state index in [-0.39, 0.29) is 0 Å². The van der Waals surface area contributed by atoms with E-state index in [9.17, 15) is 21.6 Å². The summed E-state index contributed by atoms with van der Waals surface area (Å²) in [6, 6.07) is 0. The Hall–Kier alpha value is -1.22. The van der Waals surface area contributed by atoms with Gasteiger partial charge in [0.25, 0.3) is 0 Å². The minimum atomic E-state index is -4.23. The number of sulfone groups is 2. The lowest BCUT2D eigenvalue weighted by Gasteiger charge is -2.00. The zero-order valence-corrected chi connectivity index (χ0v) is 9.17. The van der Waals surface area contributed by atoms with Crippen molar-refractivity contribution in [1.82, 2.24) is 0 Å². The number of hydrogen-bond donors (Lipinski definition) is 1. The molecule has 0 aromatic carbocycles. The van der Waals surface area contributed by atoms with Crippen molar-refractivity contribution in [2.45, 2.75) is 0 Å². The molecule has 15 heavy (non-hydrogen) atoms. The fraction of sp³-hybridized carbons (Fsp3) is 0.333. The molecule has 84 valence electrons. The molecule has 0 saturated heterocycles. The van der Waals surface area contributed by atoms with Crippen molar-refractivity contribution < 1.29 is 26.7 Å². The molecule has 0 saturated carbocycles. The van der Waals surface area contributed by atoms with Gasteiger partial charge in [0, 0.05) is 12.5 Å². The monoisotopic (exact) mass is 253 g/mol. The third-order valence-electron chi connectivity index (χ3n) is 1.51. The highest BCUT2D eigenvalue weighted by atomic mass is 32.2. The van der Waals surface area contributed by atoms with Crippen LogP contribution in [0, 0.1) is 0 Å². The lowest BCUT2D eigenvalue weighted by Crippen LogP contribution is -2.24. The van der Waals surface area contributed by atoms with Gasteiger partial charge in [-0.05, 0) is 0 Å². The molecule has 0 unspecified atom stereocenters. The lowest BCUT2D eigenvalue weighted by molar-refractivity contribution is -0.129. The van der Waals surface area contributed by atoms with Gasteiger partial charge in [-0.3, -0.25) is 0 Å². The number of carbonyl (C=O) groups is 1. The van der Waals surface area contributed by atoms with Crippen molar-refractivity contribution in [3.05, 3.63) is 11.1 Å². The van der Waals surface area contributed by atoms with Crippen LogP contribution in [0.3, 0.4) is 0 Å². The molecule has 0 atom stereocenters. The van der Waals surface area contributed by atoms with Gasteiger partial charge in [0.2, 0.25) is 14.9 Å². The van der Waals surface area contributed by atoms with Crippen LogP contribution in [0.25, 0.3) is 0 Å². The summed E-state index contributed by atoms with van der Waals surface area (Å²) in [4.78, 5) is 13.1. The van der Waals surface area contributed by atoms with Crippen LogP contribution in [-0.4, -0.2) is 45.0 Å². The number of aliphatic carboxylic acids is 1. The van der Waals surface area contributed by atoms with E-state index in [2.05, 4.69) is 4.99 Å². The smallest absolute Gasteiger partial charge is 0.366 e. The molecule has 1 N–H and O–H groups in total. The molecule has 7 nitrogen and oxygen atoms in total. The van der Waals surface area contributed by atoms with Gasteiger partial charge in [-0.25, -0.2) is 26.6 Å². The summed E-state index contributed by atoms with van der Waals surface area (Å²) in [6.45, 7) is 0. The zero-order valence-electron chi connectivity index (χ0n) is 7.54. The molecule has 0 amide bonds. The molecule has 1 heterocycles. The number of aliphatic imine (C=N–C) groups is 1. The Balaban J connectivity index is 3.11. The van der Waals surface area contributed by atoms with Crippen LogP contribution in [0.4, 0.5) is 0 Å². The van der Waals surface area contributed by atoms with E-state index in [0.717, 1.165) is 12.5 Å². The highest BCUT2D eigenvalue weighted by Gasteiger charge is 2.36. The van der Waals surface area contributed by atoms with Crippen LogP contribution in [0.5, 0.6) is 0 Å². The molecule has 1 aliphatic heterocycles. The Bertz CT molecular complexity index is 565. The molecule has 0 spiro atoms. The molecule has 1 aliphatic rings. The highest BCUT2D eigenvalue weighted by Crippen LogP contribution is 2.18. The van der Waals surface area contributed by atoms with Gasteiger partial charge in [0.05, 0.1) is 10.7 Å². The summed E-state index contributed by atoms with van der Waals surface area (Å²) in [7, 11) is -7.77. The minimum absolute atomic E-state index is 0.512. The second kappa shape index (κ2) is 3.42. The first-order valence-electron chi connectivity index (χ1n) is 3.57. The standard InChI is InChI=1S/C6H7NO6S2/c1-14(10,11)3-4-2-7-5(6(8)9)15(4,12)13/h2H,3H2,1H3,(H,8,9). The van der Waals surface area contributed by atoms with E-state index < -0.39 is 41.3 Å². The molecule has 0 aromatic heterocycles. The summed E-state index contributed by atoms with van der Waals surface area (Å²) < 4.78 is 44.4. The van der Waals surface area contributed by atoms with Crippen molar-refractivity contribution in [2.24, 2.45) is 4.99 Å². The summed E-state index contributed by atoms with van der Waals surface area (Å²) >= 11 is 0. The van der Waals surface area contributed by atoms with E-state index in [0.29, 0.717) is 0 Å². The van der Waals surface area contributed by atoms with Crippen LogP contribution < -0.4 is 0 Å². The quantitative estimate of drug-likeness (QED) is 0.673. The largest absolute Gasteiger partial charge is 0.476 e. The maximum atomic E-state index is 11.4. The number of carboxylic acid groups (broad SMARTS) is 1. The molecular formula is C6H7NO6S2. The predicted octanol–water partition coefficient (Wildman–Crippen LogP) is -1.22. The first-order valence-corrected chi connectivity index (χ1v) is 7.12. The van der Waals surface area contributed by atoms with E-state index >= 15 is 0 Å². The maximum Gasteiger partial charge on any atom is 0.366 e. The molecular weight excluding hydrogens is 246 g/mol. The molecule has 9 heteroatoms. The lowest BCUT2D eigenvalue weighted by atomic mass is 10.7. The Morgan fingerprint density at radius 2 is 2.07 bits per heavy atom. The number of carboxylic acids is 1. The second-order valence-corrected chi connectivity index (χ2v) is 6.97. The summed E-state index contributed by atoms with van der Waals surface area (Å²) in [5.41, 5.74) is 0. The fourth-order valence-electron chi connectivity index (χ4n) is 0.937. The highest BCUT2D eigenvalue weighted by molar-refractivity contribution is 8.12. The van der Waals surface area contributed by atoms with Crippen LogP contribution in [-0.2, 0) is 24.5 Å². The summed E-state index contributed by atoms with van der Waals surface area (Å²) in [5, 5.41) is 7.43. The molecule has 0 radical (unpaired) electrons. The van der Waals surface area contributed by atoms with Crippen molar-refractivity contribution in [2.75, 3.05) is 12.0 Å². The number of nitrogens with zero attached hydrogens (tertiary/aromatic N) is 1. The summed E-state index contributed by atoms with van der Waals surface area (Å²) in [5.74, 6) is -2.44. The van der Waals surface area contributed by atoms with E-state index in [4.69, 9.17) is 5.11 Å². The molecule has 0 fully saturated rings. The van der Waals surface area contributed by atoms with Crippen molar-refractivity contribution >= 4 is 30.7 Å². The number of hydrogen-bond acceptors (Lipinski definition) is 6. The fourth-order valence-corrected chi connectivity index (χ4v) is 3.65. The van der Waals surface area contributed by atoms with Crippen LogP contribution >= 0.6 is 0 Å². The minimum Gasteiger partial charge on any atom is -0.476 e. The summed E-state index contributed by atoms with van der Waals surface area (Å²) in [6.07, 6.45) is 1.60. The topological polar surface area (TPSA) is 118 Å². The van der Waals surface area contributed by atoms with E-state index in [1.54, 1.807) is 0 Å². The van der Waals surface area contributed by atoms with Crippen molar-refractivity contribution in [1.29, 1.82) is 0 Å². The zero-order chi connectivity index (χ0) is 11.9. The Kier molecular flexibility index (Phi) is 2.70. The van der Waals surface area contributed by atoms with Crippen LogP contribution in [0.1, 0.15) is 0 Å². The predicted molar refractivity (Wildman–Crippen MR) is 51.8 cm³/mol. The third-order valence-corrected chi connectivity index (χ3v) is 4.26. The van der Waals surface area contributed by atoms with Gasteiger partial charge >= 0.3 is 5.97 Å². The van der Waals surface area contributed by atoms with Crippen molar-refractivity contribution in [3.63, 3.8) is 0 Å². The molecule has 0 aromatic rings. The first-order chi connectivity index (χ1) is 6.64. The Morgan fingerprint density at radius 3 is 2.40 bits per heavy atom. The van der Waals surface area contributed by atoms with E-state index in [1.807, 2.05) is 0 Å². The van der Waals surface area contributed by atoms with Crippen LogP contribution in [0.2, 0.25) is 0 Å². The SMILES string of the molecule is CS(=O)(=O)CC1=CN=C(C(=O)O)S1(=O)=O.